The van der Waals surface area contributed by atoms with Crippen LogP contribution in [0.4, 0.5) is 0 Å². The molecule has 1 aromatic carbocycles. The fourth-order valence-corrected chi connectivity index (χ4v) is 1.47. The smallest absolute Gasteiger partial charge is 0.115 e. The average molecular weight is 190 g/mol. The summed E-state index contributed by atoms with van der Waals surface area (Å²) in [5.41, 5.74) is 7.79. The first-order valence-electron chi connectivity index (χ1n) is 4.63. The molecule has 0 saturated carbocycles. The summed E-state index contributed by atoms with van der Waals surface area (Å²) in [6, 6.07) is 6.88. The van der Waals surface area contributed by atoms with E-state index >= 15 is 0 Å². The summed E-state index contributed by atoms with van der Waals surface area (Å²) in [6.07, 6.45) is 1.11. The minimum Gasteiger partial charge on any atom is -0.508 e. The second-order valence-electron chi connectivity index (χ2n) is 3.21. The van der Waals surface area contributed by atoms with Gasteiger partial charge in [-0.25, -0.2) is 0 Å². The second-order valence-corrected chi connectivity index (χ2v) is 3.21. The lowest BCUT2D eigenvalue weighted by atomic mass is 9.97. The number of nitrogens with two attached hydrogens (primary N) is 1. The number of hydrogen-bond acceptors (Lipinski definition) is 3. The molecule has 3 nitrogen and oxygen atoms in total. The average Bonchev–Trinajstić information content (AvgIpc) is 2.17. The van der Waals surface area contributed by atoms with E-state index in [2.05, 4.69) is 0 Å². The normalized spacial score (nSPS) is 12.1. The predicted molar refractivity (Wildman–Crippen MR) is 54.6 cm³/mol. The van der Waals surface area contributed by atoms with E-state index in [4.69, 9.17) is 11.0 Å². The van der Waals surface area contributed by atoms with Gasteiger partial charge in [-0.05, 0) is 29.7 Å². The second kappa shape index (κ2) is 4.64. The Hall–Kier alpha value is -1.53. The zero-order valence-corrected chi connectivity index (χ0v) is 8.20. The zero-order valence-electron chi connectivity index (χ0n) is 8.20. The first kappa shape index (κ1) is 10.6. The summed E-state index contributed by atoms with van der Waals surface area (Å²) < 4.78 is 0. The van der Waals surface area contributed by atoms with Gasteiger partial charge in [-0.1, -0.05) is 13.0 Å². The first-order valence-corrected chi connectivity index (χ1v) is 4.63. The Morgan fingerprint density at radius 2 is 2.29 bits per heavy atom. The van der Waals surface area contributed by atoms with Crippen LogP contribution < -0.4 is 5.73 Å². The van der Waals surface area contributed by atoms with Crippen LogP contribution in [-0.4, -0.2) is 5.11 Å². The van der Waals surface area contributed by atoms with Gasteiger partial charge in [0.15, 0.2) is 0 Å². The Balaban J connectivity index is 3.02. The molecule has 0 radical (unpaired) electrons. The summed E-state index contributed by atoms with van der Waals surface area (Å²) in [5, 5.41) is 17.8. The summed E-state index contributed by atoms with van der Waals surface area (Å²) in [6.45, 7) is 2.00. The third-order valence-electron chi connectivity index (χ3n) is 2.22. The third kappa shape index (κ3) is 2.24. The van der Waals surface area contributed by atoms with Crippen LogP contribution in [0.25, 0.3) is 0 Å². The maximum atomic E-state index is 9.27. The monoisotopic (exact) mass is 190 g/mol. The maximum absolute atomic E-state index is 9.27. The molecule has 1 rings (SSSR count). The number of aromatic hydroxyl groups is 1. The van der Waals surface area contributed by atoms with Crippen molar-refractivity contribution in [1.29, 1.82) is 5.26 Å². The Kier molecular flexibility index (Phi) is 3.49. The lowest BCUT2D eigenvalue weighted by Crippen LogP contribution is -2.11. The SMILES string of the molecule is CCc1cc(O)ccc1C(N)CC#N. The molecule has 74 valence electrons. The van der Waals surface area contributed by atoms with Gasteiger partial charge in [-0.15, -0.1) is 0 Å². The van der Waals surface area contributed by atoms with E-state index in [0.29, 0.717) is 6.42 Å². The number of phenolic OH excluding ortho intramolecular Hbond substituents is 1. The van der Waals surface area contributed by atoms with E-state index in [0.717, 1.165) is 17.5 Å². The van der Waals surface area contributed by atoms with Crippen molar-refractivity contribution in [3.63, 3.8) is 0 Å². The molecule has 0 amide bonds. The molecule has 0 saturated heterocycles. The van der Waals surface area contributed by atoms with Crippen molar-refractivity contribution < 1.29 is 5.11 Å². The zero-order chi connectivity index (χ0) is 10.6. The molecule has 0 aliphatic heterocycles. The van der Waals surface area contributed by atoms with Crippen molar-refractivity contribution in [1.82, 2.24) is 0 Å². The lowest BCUT2D eigenvalue weighted by molar-refractivity contribution is 0.474. The largest absolute Gasteiger partial charge is 0.508 e. The molecular formula is C11H14N2O. The number of rotatable bonds is 3. The van der Waals surface area contributed by atoms with Crippen molar-refractivity contribution in [3.05, 3.63) is 29.3 Å². The molecule has 1 aromatic rings. The number of hydrogen-bond donors (Lipinski definition) is 2. The molecule has 0 aliphatic rings. The fraction of sp³-hybridized carbons (Fsp3) is 0.364. The molecule has 14 heavy (non-hydrogen) atoms. The van der Waals surface area contributed by atoms with Gasteiger partial charge in [0.05, 0.1) is 12.5 Å². The molecule has 1 atom stereocenters. The Morgan fingerprint density at radius 1 is 1.57 bits per heavy atom. The van der Waals surface area contributed by atoms with Crippen LogP contribution in [0.2, 0.25) is 0 Å². The van der Waals surface area contributed by atoms with Crippen LogP contribution in [0, 0.1) is 11.3 Å². The predicted octanol–water partition coefficient (Wildman–Crippen LogP) is 1.87. The van der Waals surface area contributed by atoms with E-state index in [1.165, 1.54) is 0 Å². The van der Waals surface area contributed by atoms with E-state index in [1.807, 2.05) is 13.0 Å². The third-order valence-corrected chi connectivity index (χ3v) is 2.22. The van der Waals surface area contributed by atoms with Crippen LogP contribution in [0.3, 0.4) is 0 Å². The molecule has 1 unspecified atom stereocenters. The highest BCUT2D eigenvalue weighted by Crippen LogP contribution is 2.23. The van der Waals surface area contributed by atoms with Crippen molar-refractivity contribution in [2.75, 3.05) is 0 Å². The van der Waals surface area contributed by atoms with Gasteiger partial charge in [0.25, 0.3) is 0 Å². The minimum atomic E-state index is -0.254. The Labute approximate surface area is 83.8 Å². The highest BCUT2D eigenvalue weighted by Gasteiger charge is 2.09. The first-order chi connectivity index (χ1) is 6.69. The quantitative estimate of drug-likeness (QED) is 0.764. The van der Waals surface area contributed by atoms with Crippen molar-refractivity contribution >= 4 is 0 Å². The highest BCUT2D eigenvalue weighted by molar-refractivity contribution is 5.37. The highest BCUT2D eigenvalue weighted by atomic mass is 16.3. The Morgan fingerprint density at radius 3 is 2.86 bits per heavy atom. The van der Waals surface area contributed by atoms with Gasteiger partial charge >= 0.3 is 0 Å². The number of aryl methyl sites for hydroxylation is 1. The van der Waals surface area contributed by atoms with Gasteiger partial charge < -0.3 is 10.8 Å². The summed E-state index contributed by atoms with van der Waals surface area (Å²) >= 11 is 0. The van der Waals surface area contributed by atoms with Gasteiger partial charge in [0.2, 0.25) is 0 Å². The molecule has 0 bridgehead atoms. The summed E-state index contributed by atoms with van der Waals surface area (Å²) in [4.78, 5) is 0. The summed E-state index contributed by atoms with van der Waals surface area (Å²) in [7, 11) is 0. The molecule has 0 heterocycles. The minimum absolute atomic E-state index is 0.245. The van der Waals surface area contributed by atoms with Crippen molar-refractivity contribution in [3.8, 4) is 11.8 Å². The maximum Gasteiger partial charge on any atom is 0.115 e. The van der Waals surface area contributed by atoms with Gasteiger partial charge in [0.1, 0.15) is 5.75 Å². The van der Waals surface area contributed by atoms with E-state index in [-0.39, 0.29) is 11.8 Å². The van der Waals surface area contributed by atoms with Crippen LogP contribution in [0.5, 0.6) is 5.75 Å². The van der Waals surface area contributed by atoms with Crippen LogP contribution >= 0.6 is 0 Å². The molecule has 0 fully saturated rings. The number of phenols is 1. The van der Waals surface area contributed by atoms with Gasteiger partial charge in [-0.3, -0.25) is 0 Å². The molecule has 3 heteroatoms. The fourth-order valence-electron chi connectivity index (χ4n) is 1.47. The van der Waals surface area contributed by atoms with Gasteiger partial charge in [0, 0.05) is 6.04 Å². The van der Waals surface area contributed by atoms with E-state index in [9.17, 15) is 5.11 Å². The number of nitriles is 1. The molecule has 0 aromatic heterocycles. The Bertz CT molecular complexity index is 355. The summed E-state index contributed by atoms with van der Waals surface area (Å²) in [5.74, 6) is 0.245. The molecule has 3 N–H and O–H groups in total. The lowest BCUT2D eigenvalue weighted by Gasteiger charge is -2.13. The van der Waals surface area contributed by atoms with E-state index in [1.54, 1.807) is 18.2 Å². The standard InChI is InChI=1S/C11H14N2O/c1-2-8-7-9(14)3-4-10(8)11(13)5-6-12/h3-4,7,11,14H,2,5,13H2,1H3. The van der Waals surface area contributed by atoms with E-state index < -0.39 is 0 Å². The van der Waals surface area contributed by atoms with Gasteiger partial charge in [-0.2, -0.15) is 5.26 Å². The number of nitrogens with zero attached hydrogens (tertiary/aromatic N) is 1. The van der Waals surface area contributed by atoms with Crippen LogP contribution in [-0.2, 0) is 6.42 Å². The van der Waals surface area contributed by atoms with Crippen molar-refractivity contribution in [2.24, 2.45) is 5.73 Å². The molecule has 0 aliphatic carbocycles. The topological polar surface area (TPSA) is 70.0 Å². The van der Waals surface area contributed by atoms with Crippen LogP contribution in [0.15, 0.2) is 18.2 Å². The molecule has 0 spiro atoms. The molecular weight excluding hydrogens is 176 g/mol. The number of benzene rings is 1. The van der Waals surface area contributed by atoms with Crippen LogP contribution in [0.1, 0.15) is 30.5 Å². The van der Waals surface area contributed by atoms with Crippen molar-refractivity contribution in [2.45, 2.75) is 25.8 Å².